The second-order valence-corrected chi connectivity index (χ2v) is 8.38. The number of fused-ring (bicyclic) bond motifs is 1. The molecule has 164 valence electrons. The van der Waals surface area contributed by atoms with Crippen molar-refractivity contribution in [1.29, 1.82) is 0 Å². The van der Waals surface area contributed by atoms with Crippen LogP contribution in [0, 0.1) is 18.7 Å². The Balaban J connectivity index is 1.52. The van der Waals surface area contributed by atoms with Crippen LogP contribution >= 0.6 is 0 Å². The van der Waals surface area contributed by atoms with Crippen molar-refractivity contribution in [2.75, 3.05) is 26.0 Å². The number of hydrogen-bond donors (Lipinski definition) is 3. The number of aromatic amines is 1. The normalized spacial score (nSPS) is 18.7. The maximum Gasteiger partial charge on any atom is 0.317 e. The van der Waals surface area contributed by atoms with Crippen molar-refractivity contribution < 1.29 is 9.18 Å². The van der Waals surface area contributed by atoms with Gasteiger partial charge < -0.3 is 20.5 Å². The highest BCUT2D eigenvalue weighted by atomic mass is 19.1. The predicted octanol–water partition coefficient (Wildman–Crippen LogP) is 3.71. The monoisotopic (exact) mass is 425 g/mol. The fraction of sp³-hybridized carbons (Fsp3) is 0.455. The minimum absolute atomic E-state index is 0.0585. The Morgan fingerprint density at radius 2 is 2.06 bits per heavy atom. The molecular formula is C22H28FN7O. The maximum absolute atomic E-state index is 14.5. The van der Waals surface area contributed by atoms with E-state index in [9.17, 15) is 9.18 Å². The average molecular weight is 426 g/mol. The molecule has 1 saturated carbocycles. The number of carbonyl (C=O) groups excluding carboxylic acids is 1. The van der Waals surface area contributed by atoms with Gasteiger partial charge in [0, 0.05) is 50.0 Å². The second kappa shape index (κ2) is 8.87. The first-order valence-electron chi connectivity index (χ1n) is 10.6. The number of nitrogens with zero attached hydrogens (tertiary/aromatic N) is 4. The minimum Gasteiger partial charge on any atom is -0.367 e. The molecule has 1 fully saturated rings. The van der Waals surface area contributed by atoms with Gasteiger partial charge in [-0.05, 0) is 37.3 Å². The Hall–Kier alpha value is -3.23. The van der Waals surface area contributed by atoms with Crippen LogP contribution in [-0.4, -0.2) is 57.5 Å². The first kappa shape index (κ1) is 21.0. The van der Waals surface area contributed by atoms with Gasteiger partial charge in [-0.25, -0.2) is 24.1 Å². The second-order valence-electron chi connectivity index (χ2n) is 8.38. The number of carbonyl (C=O) groups is 1. The van der Waals surface area contributed by atoms with E-state index in [1.54, 1.807) is 26.5 Å². The van der Waals surface area contributed by atoms with E-state index in [1.807, 2.05) is 13.0 Å². The molecule has 3 aromatic rings. The summed E-state index contributed by atoms with van der Waals surface area (Å²) in [4.78, 5) is 29.8. The zero-order valence-electron chi connectivity index (χ0n) is 18.1. The molecule has 0 saturated heterocycles. The molecule has 8 nitrogen and oxygen atoms in total. The molecule has 1 aliphatic carbocycles. The van der Waals surface area contributed by atoms with Gasteiger partial charge in [-0.3, -0.25) is 0 Å². The summed E-state index contributed by atoms with van der Waals surface area (Å²) < 4.78 is 14.5. The summed E-state index contributed by atoms with van der Waals surface area (Å²) in [6, 6.07) is 1.97. The van der Waals surface area contributed by atoms with Crippen molar-refractivity contribution in [2.24, 2.45) is 5.92 Å². The van der Waals surface area contributed by atoms with Crippen LogP contribution in [0.5, 0.6) is 0 Å². The van der Waals surface area contributed by atoms with Crippen molar-refractivity contribution >= 4 is 22.9 Å². The molecule has 3 aromatic heterocycles. The molecule has 1 unspecified atom stereocenters. The van der Waals surface area contributed by atoms with Crippen LogP contribution in [0.25, 0.3) is 22.4 Å². The Bertz CT molecular complexity index is 1080. The molecule has 0 bridgehead atoms. The third-order valence-corrected chi connectivity index (χ3v) is 5.81. The average Bonchev–Trinajstić information content (AvgIpc) is 3.17. The summed E-state index contributed by atoms with van der Waals surface area (Å²) in [6.45, 7) is 2.50. The number of aryl methyl sites for hydroxylation is 1. The molecule has 2 atom stereocenters. The smallest absolute Gasteiger partial charge is 0.317 e. The molecular weight excluding hydrogens is 397 g/mol. The van der Waals surface area contributed by atoms with Gasteiger partial charge >= 0.3 is 6.03 Å². The van der Waals surface area contributed by atoms with E-state index < -0.39 is 5.82 Å². The third kappa shape index (κ3) is 4.60. The topological polar surface area (TPSA) is 98.8 Å². The van der Waals surface area contributed by atoms with Crippen LogP contribution in [-0.2, 0) is 0 Å². The van der Waals surface area contributed by atoms with Crippen molar-refractivity contribution in [3.05, 3.63) is 36.0 Å². The first-order chi connectivity index (χ1) is 14.9. The molecule has 9 heteroatoms. The number of H-pyrrole nitrogens is 1. The van der Waals surface area contributed by atoms with E-state index in [-0.39, 0.29) is 23.8 Å². The van der Waals surface area contributed by atoms with Gasteiger partial charge in [-0.2, -0.15) is 0 Å². The van der Waals surface area contributed by atoms with Crippen molar-refractivity contribution in [3.8, 4) is 11.4 Å². The molecule has 0 aliphatic heterocycles. The Labute approximate surface area is 180 Å². The lowest BCUT2D eigenvalue weighted by atomic mass is 9.84. The first-order valence-corrected chi connectivity index (χ1v) is 10.6. The number of urea groups is 1. The highest BCUT2D eigenvalue weighted by Crippen LogP contribution is 2.28. The van der Waals surface area contributed by atoms with E-state index in [2.05, 4.69) is 30.6 Å². The van der Waals surface area contributed by atoms with Gasteiger partial charge in [-0.1, -0.05) is 12.8 Å². The maximum atomic E-state index is 14.5. The predicted molar refractivity (Wildman–Crippen MR) is 118 cm³/mol. The van der Waals surface area contributed by atoms with Crippen LogP contribution in [0.4, 0.5) is 15.0 Å². The van der Waals surface area contributed by atoms with Crippen LogP contribution < -0.4 is 10.6 Å². The fourth-order valence-electron chi connectivity index (χ4n) is 4.07. The Kier molecular flexibility index (Phi) is 6.01. The van der Waals surface area contributed by atoms with Crippen LogP contribution in [0.3, 0.4) is 0 Å². The minimum atomic E-state index is -0.498. The van der Waals surface area contributed by atoms with Gasteiger partial charge in [0.1, 0.15) is 5.65 Å². The van der Waals surface area contributed by atoms with E-state index in [4.69, 9.17) is 0 Å². The summed E-state index contributed by atoms with van der Waals surface area (Å²) in [6.07, 6.45) is 8.84. The van der Waals surface area contributed by atoms with E-state index in [1.165, 1.54) is 11.1 Å². The van der Waals surface area contributed by atoms with Crippen LogP contribution in [0.15, 0.2) is 24.7 Å². The zero-order chi connectivity index (χ0) is 22.0. The van der Waals surface area contributed by atoms with Gasteiger partial charge in [0.05, 0.1) is 6.20 Å². The zero-order valence-corrected chi connectivity index (χ0v) is 18.1. The van der Waals surface area contributed by atoms with E-state index in [0.29, 0.717) is 12.4 Å². The number of aromatic nitrogens is 4. The van der Waals surface area contributed by atoms with Gasteiger partial charge in [0.2, 0.25) is 0 Å². The van der Waals surface area contributed by atoms with E-state index in [0.717, 1.165) is 47.8 Å². The summed E-state index contributed by atoms with van der Waals surface area (Å²) in [5, 5.41) is 7.15. The molecule has 0 radical (unpaired) electrons. The standard InChI is InChI=1S/C22H28FN7O/c1-13-8-15-16(11-26-19(15)24-9-13)20-27-12-17(23)21(29-20)25-10-14-6-4-5-7-18(14)28-22(31)30(2)3/h8-9,11-12,14,18H,4-7,10H2,1-3H3,(H,24,26)(H,28,31)(H,25,27,29)/t14?,18-/m1/s1. The number of rotatable bonds is 5. The number of halogens is 1. The van der Waals surface area contributed by atoms with Crippen molar-refractivity contribution in [3.63, 3.8) is 0 Å². The fourth-order valence-corrected chi connectivity index (χ4v) is 4.07. The molecule has 31 heavy (non-hydrogen) atoms. The molecule has 2 amide bonds. The lowest BCUT2D eigenvalue weighted by molar-refractivity contribution is 0.198. The van der Waals surface area contributed by atoms with E-state index >= 15 is 0 Å². The molecule has 3 N–H and O–H groups in total. The molecule has 0 spiro atoms. The number of pyridine rings is 1. The summed E-state index contributed by atoms with van der Waals surface area (Å²) >= 11 is 0. The Morgan fingerprint density at radius 1 is 1.26 bits per heavy atom. The highest BCUT2D eigenvalue weighted by molar-refractivity contribution is 5.92. The lowest BCUT2D eigenvalue weighted by Gasteiger charge is -2.33. The van der Waals surface area contributed by atoms with Gasteiger partial charge in [0.25, 0.3) is 0 Å². The van der Waals surface area contributed by atoms with Gasteiger partial charge in [0.15, 0.2) is 17.5 Å². The van der Waals surface area contributed by atoms with Gasteiger partial charge in [-0.15, -0.1) is 0 Å². The van der Waals surface area contributed by atoms with Crippen LogP contribution in [0.1, 0.15) is 31.2 Å². The van der Waals surface area contributed by atoms with Crippen LogP contribution in [0.2, 0.25) is 0 Å². The summed E-state index contributed by atoms with van der Waals surface area (Å²) in [7, 11) is 3.45. The molecule has 0 aromatic carbocycles. The summed E-state index contributed by atoms with van der Waals surface area (Å²) in [5.41, 5.74) is 2.55. The molecule has 3 heterocycles. The van der Waals surface area contributed by atoms with Crippen molar-refractivity contribution in [2.45, 2.75) is 38.6 Å². The highest BCUT2D eigenvalue weighted by Gasteiger charge is 2.27. The van der Waals surface area contributed by atoms with Crippen molar-refractivity contribution in [1.82, 2.24) is 30.2 Å². The molecule has 4 rings (SSSR count). The third-order valence-electron chi connectivity index (χ3n) is 5.81. The number of amides is 2. The number of anilines is 1. The largest absolute Gasteiger partial charge is 0.367 e. The molecule has 1 aliphatic rings. The number of nitrogens with one attached hydrogen (secondary N) is 3. The summed E-state index contributed by atoms with van der Waals surface area (Å²) in [5.74, 6) is 0.310. The lowest BCUT2D eigenvalue weighted by Crippen LogP contribution is -2.48. The SMILES string of the molecule is Cc1cnc2[nH]cc(-c3ncc(F)c(NCC4CCCC[C@H]4NC(=O)N(C)C)n3)c2c1. The Morgan fingerprint density at radius 3 is 2.87 bits per heavy atom. The number of hydrogen-bond acceptors (Lipinski definition) is 5. The quantitative estimate of drug-likeness (QED) is 0.579.